The molecule has 3 rings (SSSR count). The predicted molar refractivity (Wildman–Crippen MR) is 73.0 cm³/mol. The van der Waals surface area contributed by atoms with E-state index in [9.17, 15) is 4.79 Å². The maximum absolute atomic E-state index is 11.8. The highest BCUT2D eigenvalue weighted by Gasteiger charge is 2.35. The third-order valence-electron chi connectivity index (χ3n) is 2.88. The molecule has 0 spiro atoms. The van der Waals surface area contributed by atoms with Crippen molar-refractivity contribution in [2.75, 3.05) is 7.11 Å². The largest absolute Gasteiger partial charge is 0.497 e. The Morgan fingerprint density at radius 3 is 3.11 bits per heavy atom. The zero-order chi connectivity index (χ0) is 12.5. The van der Waals surface area contributed by atoms with Crippen LogP contribution in [0.1, 0.15) is 5.56 Å². The van der Waals surface area contributed by atoms with Gasteiger partial charge >= 0.3 is 0 Å². The second-order valence-electron chi connectivity index (χ2n) is 3.91. The molecular formula is C13H10N2O2S. The van der Waals surface area contributed by atoms with Crippen LogP contribution in [-0.2, 0) is 4.79 Å². The third kappa shape index (κ3) is 1.76. The van der Waals surface area contributed by atoms with Crippen molar-refractivity contribution in [2.45, 2.75) is 0 Å². The lowest BCUT2D eigenvalue weighted by molar-refractivity contribution is -0.118. The Balaban J connectivity index is 2.00. The summed E-state index contributed by atoms with van der Waals surface area (Å²) in [5, 5.41) is 2.76. The van der Waals surface area contributed by atoms with E-state index in [2.05, 4.69) is 9.98 Å². The smallest absolute Gasteiger partial charge is 0.261 e. The van der Waals surface area contributed by atoms with Crippen LogP contribution in [0.4, 0.5) is 0 Å². The number of carbonyl (C=O) groups is 1. The summed E-state index contributed by atoms with van der Waals surface area (Å²) in [4.78, 5) is 19.7. The number of benzene rings is 1. The maximum Gasteiger partial charge on any atom is 0.261 e. The van der Waals surface area contributed by atoms with Gasteiger partial charge in [0.15, 0.2) is 0 Å². The first-order valence-electron chi connectivity index (χ1n) is 5.45. The van der Waals surface area contributed by atoms with E-state index in [1.807, 2.05) is 29.7 Å². The molecule has 90 valence electrons. The zero-order valence-electron chi connectivity index (χ0n) is 9.66. The number of fused-ring (bicyclic) bond motifs is 1. The average molecular weight is 258 g/mol. The first kappa shape index (κ1) is 11.2. The summed E-state index contributed by atoms with van der Waals surface area (Å²) in [7, 11) is 1.62. The lowest BCUT2D eigenvalue weighted by Crippen LogP contribution is -2.21. The fourth-order valence-electron chi connectivity index (χ4n) is 1.99. The van der Waals surface area contributed by atoms with E-state index in [-0.39, 0.29) is 11.8 Å². The summed E-state index contributed by atoms with van der Waals surface area (Å²) in [5.41, 5.74) is 1.92. The normalized spacial score (nSPS) is 21.4. The Bertz CT molecular complexity index is 605. The quantitative estimate of drug-likeness (QED) is 0.818. The van der Waals surface area contributed by atoms with Crippen LogP contribution in [0.25, 0.3) is 5.57 Å². The molecule has 0 N–H and O–H groups in total. The minimum atomic E-state index is -0.341. The van der Waals surface area contributed by atoms with Crippen molar-refractivity contribution in [1.29, 1.82) is 0 Å². The Hall–Kier alpha value is -1.88. The van der Waals surface area contributed by atoms with E-state index >= 15 is 0 Å². The van der Waals surface area contributed by atoms with Crippen molar-refractivity contribution in [2.24, 2.45) is 15.9 Å². The number of ether oxygens (including phenoxy) is 1. The number of amides is 1. The number of rotatable bonds is 2. The minimum Gasteiger partial charge on any atom is -0.497 e. The molecule has 0 bridgehead atoms. The Kier molecular flexibility index (Phi) is 2.76. The molecule has 4 nitrogen and oxygen atoms in total. The molecule has 0 aromatic heterocycles. The number of methoxy groups -OCH3 is 1. The number of hydrogen-bond donors (Lipinski definition) is 0. The number of nitrogens with zero attached hydrogens (tertiary/aromatic N) is 2. The molecule has 1 amide bonds. The van der Waals surface area contributed by atoms with Gasteiger partial charge in [-0.2, -0.15) is 0 Å². The summed E-state index contributed by atoms with van der Waals surface area (Å²) < 4.78 is 5.20. The van der Waals surface area contributed by atoms with Gasteiger partial charge < -0.3 is 4.74 Å². The van der Waals surface area contributed by atoms with E-state index in [1.54, 1.807) is 7.11 Å². The monoisotopic (exact) mass is 258 g/mol. The standard InChI is InChI=1S/C13H10N2O2S/c1-17-9-4-2-3-8(5-9)10-6-18-13-11(10)12(16)14-7-15-13/h2-7,11H,1H3. The van der Waals surface area contributed by atoms with Crippen LogP contribution in [-0.4, -0.2) is 24.4 Å². The SMILES string of the molecule is COc1cccc(C2=CSC3=NC=NC(=O)C23)c1. The summed E-state index contributed by atoms with van der Waals surface area (Å²) in [6.07, 6.45) is 1.32. The second kappa shape index (κ2) is 4.42. The minimum absolute atomic E-state index is 0.154. The van der Waals surface area contributed by atoms with Crippen molar-refractivity contribution in [3.8, 4) is 5.75 Å². The Labute approximate surface area is 108 Å². The van der Waals surface area contributed by atoms with Crippen molar-refractivity contribution >= 4 is 34.6 Å². The van der Waals surface area contributed by atoms with Gasteiger partial charge in [-0.25, -0.2) is 9.98 Å². The van der Waals surface area contributed by atoms with Gasteiger partial charge in [-0.15, -0.1) is 0 Å². The molecule has 18 heavy (non-hydrogen) atoms. The number of carbonyl (C=O) groups excluding carboxylic acids is 1. The summed E-state index contributed by atoms with van der Waals surface area (Å²) >= 11 is 1.48. The molecule has 1 atom stereocenters. The first-order valence-corrected chi connectivity index (χ1v) is 6.33. The van der Waals surface area contributed by atoms with E-state index in [1.165, 1.54) is 18.1 Å². The van der Waals surface area contributed by atoms with Crippen LogP contribution in [0.3, 0.4) is 0 Å². The van der Waals surface area contributed by atoms with E-state index < -0.39 is 0 Å². The topological polar surface area (TPSA) is 51.0 Å². The van der Waals surface area contributed by atoms with Crippen molar-refractivity contribution < 1.29 is 9.53 Å². The molecule has 0 fully saturated rings. The van der Waals surface area contributed by atoms with Crippen LogP contribution in [0.2, 0.25) is 0 Å². The van der Waals surface area contributed by atoms with E-state index in [0.717, 1.165) is 21.9 Å². The maximum atomic E-state index is 11.8. The van der Waals surface area contributed by atoms with E-state index in [0.29, 0.717) is 0 Å². The molecule has 2 heterocycles. The van der Waals surface area contributed by atoms with Crippen molar-refractivity contribution in [3.63, 3.8) is 0 Å². The Morgan fingerprint density at radius 1 is 1.39 bits per heavy atom. The average Bonchev–Trinajstić information content (AvgIpc) is 2.84. The van der Waals surface area contributed by atoms with Crippen molar-refractivity contribution in [3.05, 3.63) is 35.2 Å². The molecule has 5 heteroatoms. The predicted octanol–water partition coefficient (Wildman–Crippen LogP) is 2.37. The van der Waals surface area contributed by atoms with Gasteiger partial charge in [0.25, 0.3) is 5.91 Å². The molecule has 2 aliphatic rings. The summed E-state index contributed by atoms with van der Waals surface area (Å²) in [6, 6.07) is 7.66. The lowest BCUT2D eigenvalue weighted by Gasteiger charge is -2.14. The van der Waals surface area contributed by atoms with Gasteiger partial charge in [0.05, 0.1) is 12.2 Å². The highest BCUT2D eigenvalue weighted by molar-refractivity contribution is 8.17. The number of hydrogen-bond acceptors (Lipinski definition) is 4. The van der Waals surface area contributed by atoms with Gasteiger partial charge in [0, 0.05) is 0 Å². The van der Waals surface area contributed by atoms with Gasteiger partial charge in [-0.3, -0.25) is 4.79 Å². The van der Waals surface area contributed by atoms with Crippen LogP contribution >= 0.6 is 11.8 Å². The highest BCUT2D eigenvalue weighted by Crippen LogP contribution is 2.40. The van der Waals surface area contributed by atoms with E-state index in [4.69, 9.17) is 4.74 Å². The van der Waals surface area contributed by atoms with Crippen LogP contribution in [0.15, 0.2) is 39.7 Å². The molecule has 1 aromatic carbocycles. The van der Waals surface area contributed by atoms with Crippen LogP contribution < -0.4 is 4.74 Å². The molecule has 1 aromatic rings. The molecular weight excluding hydrogens is 248 g/mol. The second-order valence-corrected chi connectivity index (χ2v) is 4.80. The zero-order valence-corrected chi connectivity index (χ0v) is 10.5. The summed E-state index contributed by atoms with van der Waals surface area (Å²) in [6.45, 7) is 0. The van der Waals surface area contributed by atoms with Crippen molar-refractivity contribution in [1.82, 2.24) is 0 Å². The number of aliphatic imine (C=N–C) groups is 2. The molecule has 0 saturated carbocycles. The first-order chi connectivity index (χ1) is 8.79. The van der Waals surface area contributed by atoms with Gasteiger partial charge in [0.2, 0.25) is 0 Å². The molecule has 0 radical (unpaired) electrons. The van der Waals surface area contributed by atoms with Crippen LogP contribution in [0, 0.1) is 5.92 Å². The molecule has 2 aliphatic heterocycles. The van der Waals surface area contributed by atoms with Gasteiger partial charge in [0.1, 0.15) is 18.0 Å². The fourth-order valence-corrected chi connectivity index (χ4v) is 2.98. The third-order valence-corrected chi connectivity index (χ3v) is 3.84. The lowest BCUT2D eigenvalue weighted by atomic mass is 9.93. The number of thioether (sulfide) groups is 1. The van der Waals surface area contributed by atoms with Crippen LogP contribution in [0.5, 0.6) is 5.75 Å². The van der Waals surface area contributed by atoms with Gasteiger partial charge in [-0.05, 0) is 28.7 Å². The molecule has 0 aliphatic carbocycles. The Morgan fingerprint density at radius 2 is 2.28 bits per heavy atom. The molecule has 1 unspecified atom stereocenters. The van der Waals surface area contributed by atoms with Gasteiger partial charge in [-0.1, -0.05) is 23.9 Å². The fraction of sp³-hybridized carbons (Fsp3) is 0.154. The molecule has 0 saturated heterocycles. The highest BCUT2D eigenvalue weighted by atomic mass is 32.2. The summed E-state index contributed by atoms with van der Waals surface area (Å²) in [5.74, 6) is 0.279.